The van der Waals surface area contributed by atoms with Crippen molar-refractivity contribution in [2.75, 3.05) is 7.05 Å². The molecule has 0 aromatic carbocycles. The van der Waals surface area contributed by atoms with E-state index in [9.17, 15) is 0 Å². The molecule has 1 aliphatic rings. The SMILES string of the molecule is C/N=C\C(=C1\CCC(C)C(C)C1)C(C)C. The Labute approximate surface area is 94.7 Å². The molecule has 0 amide bonds. The molecule has 86 valence electrons. The second-order valence-corrected chi connectivity index (χ2v) is 5.30. The topological polar surface area (TPSA) is 12.4 Å². The first-order valence-electron chi connectivity index (χ1n) is 6.20. The lowest BCUT2D eigenvalue weighted by Crippen LogP contribution is -2.17. The minimum atomic E-state index is 0.615. The molecule has 0 N–H and O–H groups in total. The molecule has 1 nitrogen and oxygen atoms in total. The number of hydrogen-bond acceptors (Lipinski definition) is 1. The van der Waals surface area contributed by atoms with Gasteiger partial charge in [0.05, 0.1) is 0 Å². The van der Waals surface area contributed by atoms with Crippen LogP contribution in [0.2, 0.25) is 0 Å². The maximum Gasteiger partial charge on any atom is 0.0277 e. The van der Waals surface area contributed by atoms with Crippen molar-refractivity contribution in [2.45, 2.75) is 47.0 Å². The summed E-state index contributed by atoms with van der Waals surface area (Å²) in [4.78, 5) is 4.19. The van der Waals surface area contributed by atoms with Crippen LogP contribution in [0, 0.1) is 17.8 Å². The van der Waals surface area contributed by atoms with Crippen molar-refractivity contribution < 1.29 is 0 Å². The number of hydrogen-bond donors (Lipinski definition) is 0. The van der Waals surface area contributed by atoms with Crippen LogP contribution < -0.4 is 0 Å². The summed E-state index contributed by atoms with van der Waals surface area (Å²) >= 11 is 0. The normalized spacial score (nSPS) is 31.3. The summed E-state index contributed by atoms with van der Waals surface area (Å²) < 4.78 is 0. The average Bonchev–Trinajstić information content (AvgIpc) is 2.18. The Morgan fingerprint density at radius 2 is 2.00 bits per heavy atom. The predicted molar refractivity (Wildman–Crippen MR) is 68.5 cm³/mol. The van der Waals surface area contributed by atoms with Gasteiger partial charge in [0.2, 0.25) is 0 Å². The van der Waals surface area contributed by atoms with Gasteiger partial charge < -0.3 is 0 Å². The maximum atomic E-state index is 4.19. The summed E-state index contributed by atoms with van der Waals surface area (Å²) in [6.45, 7) is 9.30. The molecule has 0 bridgehead atoms. The quantitative estimate of drug-likeness (QED) is 0.605. The minimum absolute atomic E-state index is 0.615. The molecular formula is C14H25N. The van der Waals surface area contributed by atoms with Gasteiger partial charge in [0.1, 0.15) is 0 Å². The highest BCUT2D eigenvalue weighted by atomic mass is 14.6. The van der Waals surface area contributed by atoms with Crippen LogP contribution in [-0.4, -0.2) is 13.3 Å². The molecule has 2 unspecified atom stereocenters. The van der Waals surface area contributed by atoms with E-state index in [1.54, 1.807) is 5.57 Å². The highest BCUT2D eigenvalue weighted by Crippen LogP contribution is 2.35. The summed E-state index contributed by atoms with van der Waals surface area (Å²) in [6.07, 6.45) is 5.98. The fraction of sp³-hybridized carbons (Fsp3) is 0.786. The standard InChI is InChI=1S/C14H25N/c1-10(2)14(9-15-5)13-7-6-11(3)12(4)8-13/h9-12H,6-8H2,1-5H3/b14-13+,15-9-. The lowest BCUT2D eigenvalue weighted by molar-refractivity contribution is 0.321. The molecule has 0 saturated heterocycles. The number of aliphatic imine (C=N–C) groups is 1. The molecule has 0 aromatic rings. The van der Waals surface area contributed by atoms with Crippen LogP contribution >= 0.6 is 0 Å². The van der Waals surface area contributed by atoms with Crippen LogP contribution in [0.3, 0.4) is 0 Å². The number of nitrogens with zero attached hydrogens (tertiary/aromatic N) is 1. The van der Waals surface area contributed by atoms with E-state index in [4.69, 9.17) is 0 Å². The summed E-state index contributed by atoms with van der Waals surface area (Å²) in [6, 6.07) is 0. The molecule has 1 fully saturated rings. The Kier molecular flexibility index (Phi) is 4.56. The smallest absolute Gasteiger partial charge is 0.0277 e. The van der Waals surface area contributed by atoms with Gasteiger partial charge in [0.25, 0.3) is 0 Å². The van der Waals surface area contributed by atoms with Crippen molar-refractivity contribution in [2.24, 2.45) is 22.7 Å². The van der Waals surface area contributed by atoms with Gasteiger partial charge in [-0.3, -0.25) is 4.99 Å². The fourth-order valence-electron chi connectivity index (χ4n) is 2.43. The summed E-state index contributed by atoms with van der Waals surface area (Å²) in [5.74, 6) is 2.35. The first-order chi connectivity index (χ1) is 7.06. The fourth-order valence-corrected chi connectivity index (χ4v) is 2.43. The van der Waals surface area contributed by atoms with Gasteiger partial charge in [-0.1, -0.05) is 33.3 Å². The molecule has 1 saturated carbocycles. The molecule has 0 spiro atoms. The van der Waals surface area contributed by atoms with Crippen LogP contribution in [0.15, 0.2) is 16.1 Å². The predicted octanol–water partition coefficient (Wildman–Crippen LogP) is 4.10. The van der Waals surface area contributed by atoms with Crippen LogP contribution in [0.4, 0.5) is 0 Å². The van der Waals surface area contributed by atoms with Crippen LogP contribution in [0.5, 0.6) is 0 Å². The van der Waals surface area contributed by atoms with Gasteiger partial charge in [-0.15, -0.1) is 0 Å². The highest BCUT2D eigenvalue weighted by molar-refractivity contribution is 5.80. The van der Waals surface area contributed by atoms with E-state index < -0.39 is 0 Å². The Morgan fingerprint density at radius 1 is 1.33 bits per heavy atom. The van der Waals surface area contributed by atoms with Gasteiger partial charge in [-0.05, 0) is 42.6 Å². The number of rotatable bonds is 2. The molecule has 0 aromatic heterocycles. The molecule has 1 heteroatoms. The van der Waals surface area contributed by atoms with Crippen molar-refractivity contribution in [3.63, 3.8) is 0 Å². The van der Waals surface area contributed by atoms with Gasteiger partial charge in [0, 0.05) is 13.3 Å². The molecule has 2 atom stereocenters. The first kappa shape index (κ1) is 12.5. The monoisotopic (exact) mass is 207 g/mol. The average molecular weight is 207 g/mol. The maximum absolute atomic E-state index is 4.19. The molecular weight excluding hydrogens is 182 g/mol. The largest absolute Gasteiger partial charge is 0.296 e. The van der Waals surface area contributed by atoms with Crippen molar-refractivity contribution in [3.05, 3.63) is 11.1 Å². The molecule has 0 radical (unpaired) electrons. The minimum Gasteiger partial charge on any atom is -0.296 e. The third kappa shape index (κ3) is 3.19. The van der Waals surface area contributed by atoms with E-state index in [2.05, 4.69) is 38.9 Å². The van der Waals surface area contributed by atoms with Crippen molar-refractivity contribution in [3.8, 4) is 0 Å². The Hall–Kier alpha value is -0.590. The Bertz CT molecular complexity index is 261. The molecule has 0 heterocycles. The van der Waals surface area contributed by atoms with E-state index in [1.807, 2.05) is 7.05 Å². The molecule has 1 aliphatic carbocycles. The molecule has 1 rings (SSSR count). The van der Waals surface area contributed by atoms with E-state index in [-0.39, 0.29) is 0 Å². The van der Waals surface area contributed by atoms with E-state index >= 15 is 0 Å². The van der Waals surface area contributed by atoms with E-state index in [1.165, 1.54) is 24.8 Å². The first-order valence-corrected chi connectivity index (χ1v) is 6.20. The van der Waals surface area contributed by atoms with E-state index in [0.29, 0.717) is 5.92 Å². The van der Waals surface area contributed by atoms with Gasteiger partial charge in [-0.25, -0.2) is 0 Å². The van der Waals surface area contributed by atoms with Crippen LogP contribution in [-0.2, 0) is 0 Å². The zero-order chi connectivity index (χ0) is 11.4. The van der Waals surface area contributed by atoms with Gasteiger partial charge in [-0.2, -0.15) is 0 Å². The van der Waals surface area contributed by atoms with E-state index in [0.717, 1.165) is 11.8 Å². The number of allylic oxidation sites excluding steroid dienone is 2. The van der Waals surface area contributed by atoms with Gasteiger partial charge >= 0.3 is 0 Å². The van der Waals surface area contributed by atoms with Crippen LogP contribution in [0.1, 0.15) is 47.0 Å². The van der Waals surface area contributed by atoms with Crippen LogP contribution in [0.25, 0.3) is 0 Å². The Balaban J connectivity index is 2.86. The second-order valence-electron chi connectivity index (χ2n) is 5.30. The van der Waals surface area contributed by atoms with Crippen molar-refractivity contribution >= 4 is 6.21 Å². The summed E-state index contributed by atoms with van der Waals surface area (Å²) in [7, 11) is 1.87. The zero-order valence-corrected chi connectivity index (χ0v) is 10.9. The lowest BCUT2D eigenvalue weighted by atomic mass is 9.76. The summed E-state index contributed by atoms with van der Waals surface area (Å²) in [5, 5.41) is 0. The molecule has 15 heavy (non-hydrogen) atoms. The molecule has 0 aliphatic heterocycles. The lowest BCUT2D eigenvalue weighted by Gasteiger charge is -2.29. The third-order valence-electron chi connectivity index (χ3n) is 3.74. The highest BCUT2D eigenvalue weighted by Gasteiger charge is 2.22. The van der Waals surface area contributed by atoms with Gasteiger partial charge in [0.15, 0.2) is 0 Å². The summed E-state index contributed by atoms with van der Waals surface area (Å²) in [5.41, 5.74) is 3.14. The Morgan fingerprint density at radius 3 is 2.47 bits per heavy atom. The van der Waals surface area contributed by atoms with Crippen molar-refractivity contribution in [1.82, 2.24) is 0 Å². The second kappa shape index (κ2) is 5.48. The van der Waals surface area contributed by atoms with Crippen molar-refractivity contribution in [1.29, 1.82) is 0 Å². The zero-order valence-electron chi connectivity index (χ0n) is 10.9. The third-order valence-corrected chi connectivity index (χ3v) is 3.74.